The van der Waals surface area contributed by atoms with Crippen molar-refractivity contribution in [3.63, 3.8) is 0 Å². The molecule has 1 aromatic carbocycles. The van der Waals surface area contributed by atoms with Gasteiger partial charge in [-0.2, -0.15) is 0 Å². The van der Waals surface area contributed by atoms with E-state index in [4.69, 9.17) is 9.47 Å². The van der Waals surface area contributed by atoms with Crippen LogP contribution in [-0.2, 0) is 4.79 Å². The Kier molecular flexibility index (Phi) is 4.48. The van der Waals surface area contributed by atoms with E-state index in [1.807, 2.05) is 45.9 Å². The Morgan fingerprint density at radius 2 is 1.90 bits per heavy atom. The van der Waals surface area contributed by atoms with Gasteiger partial charge in [0.25, 0.3) is 0 Å². The summed E-state index contributed by atoms with van der Waals surface area (Å²) >= 11 is 1.52. The number of ether oxygens (including phenoxy) is 2. The zero-order valence-electron chi connectivity index (χ0n) is 12.4. The first-order valence-corrected chi connectivity index (χ1v) is 7.61. The minimum absolute atomic E-state index is 0.0392. The summed E-state index contributed by atoms with van der Waals surface area (Å²) in [6.45, 7) is 9.00. The highest BCUT2D eigenvalue weighted by atomic mass is 32.2. The Morgan fingerprint density at radius 1 is 1.25 bits per heavy atom. The number of fused-ring (bicyclic) bond motifs is 1. The summed E-state index contributed by atoms with van der Waals surface area (Å²) in [5.74, 6) is 1.56. The van der Waals surface area contributed by atoms with Gasteiger partial charge in [-0.05, 0) is 45.9 Å². The maximum absolute atomic E-state index is 12.1. The molecule has 1 aliphatic heterocycles. The highest BCUT2D eigenvalue weighted by Crippen LogP contribution is 2.35. The van der Waals surface area contributed by atoms with Crippen LogP contribution in [0.5, 0.6) is 11.5 Å². The van der Waals surface area contributed by atoms with Gasteiger partial charge in [0, 0.05) is 10.4 Å². The average Bonchev–Trinajstić information content (AvgIpc) is 2.36. The second-order valence-electron chi connectivity index (χ2n) is 5.80. The van der Waals surface area contributed by atoms with Crippen LogP contribution in [0.15, 0.2) is 23.1 Å². The second-order valence-corrected chi connectivity index (χ2v) is 7.22. The number of nitrogens with one attached hydrogen (secondary N) is 1. The van der Waals surface area contributed by atoms with Crippen molar-refractivity contribution < 1.29 is 14.3 Å². The van der Waals surface area contributed by atoms with E-state index in [-0.39, 0.29) is 16.7 Å². The lowest BCUT2D eigenvalue weighted by molar-refractivity contribution is -0.121. The predicted molar refractivity (Wildman–Crippen MR) is 80.6 cm³/mol. The van der Waals surface area contributed by atoms with Crippen LogP contribution in [0.4, 0.5) is 0 Å². The zero-order valence-corrected chi connectivity index (χ0v) is 13.2. The SMILES string of the molecule is C[C@H](Sc1ccc2c(c1)OCCO2)C(=O)NC(C)(C)C. The maximum atomic E-state index is 12.1. The first-order chi connectivity index (χ1) is 9.35. The largest absolute Gasteiger partial charge is 0.486 e. The Balaban J connectivity index is 2.01. The van der Waals surface area contributed by atoms with Crippen molar-refractivity contribution in [1.82, 2.24) is 5.32 Å². The average molecular weight is 295 g/mol. The number of carbonyl (C=O) groups excluding carboxylic acids is 1. The number of carbonyl (C=O) groups is 1. The summed E-state index contributed by atoms with van der Waals surface area (Å²) in [5.41, 5.74) is -0.210. The van der Waals surface area contributed by atoms with Crippen LogP contribution in [0.2, 0.25) is 0 Å². The second kappa shape index (κ2) is 5.95. The molecule has 1 aromatic rings. The number of hydrogen-bond donors (Lipinski definition) is 1. The van der Waals surface area contributed by atoms with Gasteiger partial charge < -0.3 is 14.8 Å². The van der Waals surface area contributed by atoms with E-state index in [1.165, 1.54) is 11.8 Å². The number of benzene rings is 1. The normalized spacial score (nSPS) is 15.6. The molecule has 5 heteroatoms. The van der Waals surface area contributed by atoms with E-state index in [0.717, 1.165) is 16.4 Å². The van der Waals surface area contributed by atoms with E-state index in [2.05, 4.69) is 5.32 Å². The van der Waals surface area contributed by atoms with Gasteiger partial charge >= 0.3 is 0 Å². The third-order valence-corrected chi connectivity index (χ3v) is 3.79. The molecule has 0 saturated heterocycles. The third kappa shape index (κ3) is 4.07. The Hall–Kier alpha value is -1.36. The Labute approximate surface area is 124 Å². The first-order valence-electron chi connectivity index (χ1n) is 6.73. The van der Waals surface area contributed by atoms with Crippen LogP contribution < -0.4 is 14.8 Å². The topological polar surface area (TPSA) is 47.6 Å². The van der Waals surface area contributed by atoms with Crippen molar-refractivity contribution in [3.05, 3.63) is 18.2 Å². The predicted octanol–water partition coefficient (Wildman–Crippen LogP) is 2.85. The smallest absolute Gasteiger partial charge is 0.233 e. The molecule has 0 fully saturated rings. The first kappa shape index (κ1) is 15.0. The molecule has 0 radical (unpaired) electrons. The fourth-order valence-electron chi connectivity index (χ4n) is 1.83. The van der Waals surface area contributed by atoms with Gasteiger partial charge in [0.15, 0.2) is 11.5 Å². The number of thioether (sulfide) groups is 1. The summed E-state index contributed by atoms with van der Waals surface area (Å²) in [7, 11) is 0. The highest BCUT2D eigenvalue weighted by Gasteiger charge is 2.21. The summed E-state index contributed by atoms with van der Waals surface area (Å²) < 4.78 is 11.0. The van der Waals surface area contributed by atoms with Crippen molar-refractivity contribution >= 4 is 17.7 Å². The van der Waals surface area contributed by atoms with E-state index in [9.17, 15) is 4.79 Å². The van der Waals surface area contributed by atoms with Gasteiger partial charge in [-0.3, -0.25) is 4.79 Å². The fraction of sp³-hybridized carbons (Fsp3) is 0.533. The minimum atomic E-state index is -0.210. The molecule has 1 atom stereocenters. The van der Waals surface area contributed by atoms with Crippen molar-refractivity contribution in [2.75, 3.05) is 13.2 Å². The number of amides is 1. The molecule has 0 bridgehead atoms. The molecule has 110 valence electrons. The quantitative estimate of drug-likeness (QED) is 0.871. The maximum Gasteiger partial charge on any atom is 0.233 e. The van der Waals surface area contributed by atoms with Crippen LogP contribution in [0.3, 0.4) is 0 Å². The molecule has 1 amide bonds. The van der Waals surface area contributed by atoms with Crippen LogP contribution >= 0.6 is 11.8 Å². The molecular weight excluding hydrogens is 274 g/mol. The molecule has 20 heavy (non-hydrogen) atoms. The van der Waals surface area contributed by atoms with Crippen LogP contribution in [-0.4, -0.2) is 29.9 Å². The molecule has 0 spiro atoms. The molecule has 2 rings (SSSR count). The summed E-state index contributed by atoms with van der Waals surface area (Å²) in [5, 5.41) is 2.83. The van der Waals surface area contributed by atoms with Gasteiger partial charge in [0.2, 0.25) is 5.91 Å². The lowest BCUT2D eigenvalue weighted by Gasteiger charge is -2.23. The van der Waals surface area contributed by atoms with E-state index in [0.29, 0.717) is 13.2 Å². The summed E-state index contributed by atoms with van der Waals surface area (Å²) in [6, 6.07) is 5.78. The molecule has 1 heterocycles. The zero-order chi connectivity index (χ0) is 14.8. The number of hydrogen-bond acceptors (Lipinski definition) is 4. The van der Waals surface area contributed by atoms with Crippen molar-refractivity contribution in [2.24, 2.45) is 0 Å². The molecule has 0 aliphatic carbocycles. The molecule has 1 N–H and O–H groups in total. The third-order valence-electron chi connectivity index (χ3n) is 2.69. The molecule has 1 aliphatic rings. The van der Waals surface area contributed by atoms with E-state index >= 15 is 0 Å². The Bertz CT molecular complexity index is 496. The standard InChI is InChI=1S/C15H21NO3S/c1-10(14(17)16-15(2,3)4)20-11-5-6-12-13(9-11)19-8-7-18-12/h5-6,9-10H,7-8H2,1-4H3,(H,16,17)/t10-/m0/s1. The molecule has 0 unspecified atom stereocenters. The molecule has 0 saturated carbocycles. The fourth-order valence-corrected chi connectivity index (χ4v) is 2.72. The van der Waals surface area contributed by atoms with Crippen LogP contribution in [0.1, 0.15) is 27.7 Å². The van der Waals surface area contributed by atoms with Crippen molar-refractivity contribution in [3.8, 4) is 11.5 Å². The van der Waals surface area contributed by atoms with E-state index in [1.54, 1.807) is 0 Å². The summed E-state index contributed by atoms with van der Waals surface area (Å²) in [6.07, 6.45) is 0. The monoisotopic (exact) mass is 295 g/mol. The van der Waals surface area contributed by atoms with Crippen LogP contribution in [0.25, 0.3) is 0 Å². The van der Waals surface area contributed by atoms with Gasteiger partial charge in [0.05, 0.1) is 5.25 Å². The van der Waals surface area contributed by atoms with Gasteiger partial charge in [0.1, 0.15) is 13.2 Å². The van der Waals surface area contributed by atoms with Gasteiger partial charge in [-0.1, -0.05) is 0 Å². The van der Waals surface area contributed by atoms with E-state index < -0.39 is 0 Å². The molecule has 0 aromatic heterocycles. The lowest BCUT2D eigenvalue weighted by Crippen LogP contribution is -2.44. The van der Waals surface area contributed by atoms with Crippen molar-refractivity contribution in [2.45, 2.75) is 43.4 Å². The minimum Gasteiger partial charge on any atom is -0.486 e. The molecule has 4 nitrogen and oxygen atoms in total. The number of rotatable bonds is 3. The van der Waals surface area contributed by atoms with Gasteiger partial charge in [-0.25, -0.2) is 0 Å². The lowest BCUT2D eigenvalue weighted by atomic mass is 10.1. The Morgan fingerprint density at radius 3 is 2.55 bits per heavy atom. The molecular formula is C15H21NO3S. The van der Waals surface area contributed by atoms with Gasteiger partial charge in [-0.15, -0.1) is 11.8 Å². The van der Waals surface area contributed by atoms with Crippen LogP contribution in [0, 0.1) is 0 Å². The highest BCUT2D eigenvalue weighted by molar-refractivity contribution is 8.00. The van der Waals surface area contributed by atoms with Crippen molar-refractivity contribution in [1.29, 1.82) is 0 Å². The summed E-state index contributed by atoms with van der Waals surface area (Å²) in [4.78, 5) is 13.1.